The Morgan fingerprint density at radius 2 is 2.04 bits per heavy atom. The van der Waals surface area contributed by atoms with E-state index in [1.165, 1.54) is 0 Å². The Morgan fingerprint density at radius 1 is 1.35 bits per heavy atom. The summed E-state index contributed by atoms with van der Waals surface area (Å²) in [4.78, 5) is 22.4. The molecule has 2 rings (SSSR count). The van der Waals surface area contributed by atoms with Crippen LogP contribution in [-0.4, -0.2) is 41.0 Å². The predicted molar refractivity (Wildman–Crippen MR) is 93.8 cm³/mol. The first kappa shape index (κ1) is 17.4. The van der Waals surface area contributed by atoms with Crippen LogP contribution in [0, 0.1) is 0 Å². The normalized spacial score (nSPS) is 12.7. The van der Waals surface area contributed by atoms with Crippen LogP contribution in [0.15, 0.2) is 36.1 Å². The highest BCUT2D eigenvalue weighted by atomic mass is 32.1. The van der Waals surface area contributed by atoms with E-state index in [0.29, 0.717) is 13.1 Å². The molecule has 0 aromatic carbocycles. The van der Waals surface area contributed by atoms with E-state index in [2.05, 4.69) is 36.1 Å². The van der Waals surface area contributed by atoms with Crippen LogP contribution in [0.5, 0.6) is 0 Å². The van der Waals surface area contributed by atoms with Gasteiger partial charge < -0.3 is 10.2 Å². The lowest BCUT2D eigenvalue weighted by molar-refractivity contribution is 0.204. The van der Waals surface area contributed by atoms with Gasteiger partial charge >= 0.3 is 6.03 Å². The predicted octanol–water partition coefficient (Wildman–Crippen LogP) is 3.26. The molecule has 0 aliphatic rings. The molecule has 2 aromatic heterocycles. The Morgan fingerprint density at radius 3 is 2.65 bits per heavy atom. The number of pyridine rings is 1. The smallest absolute Gasteiger partial charge is 0.317 e. The number of carbonyl (C=O) groups is 1. The van der Waals surface area contributed by atoms with Crippen molar-refractivity contribution in [1.82, 2.24) is 20.2 Å². The number of hydrogen-bond donors (Lipinski definition) is 1. The summed E-state index contributed by atoms with van der Waals surface area (Å²) in [5.74, 6) is 0.235. The molecule has 2 heterocycles. The summed E-state index contributed by atoms with van der Waals surface area (Å²) in [5, 5.41) is 6.04. The number of nitrogens with one attached hydrogen (secondary N) is 1. The van der Waals surface area contributed by atoms with Crippen molar-refractivity contribution in [3.8, 4) is 0 Å². The molecule has 1 unspecified atom stereocenters. The van der Waals surface area contributed by atoms with Gasteiger partial charge in [-0.3, -0.25) is 4.98 Å². The van der Waals surface area contributed by atoms with Crippen molar-refractivity contribution in [2.24, 2.45) is 0 Å². The van der Waals surface area contributed by atoms with Crippen LogP contribution in [-0.2, 0) is 5.41 Å². The Bertz CT molecular complexity index is 613. The van der Waals surface area contributed by atoms with Gasteiger partial charge in [0.2, 0.25) is 0 Å². The number of carbonyl (C=O) groups excluding carboxylic acids is 1. The molecule has 124 valence electrons. The third kappa shape index (κ3) is 4.76. The summed E-state index contributed by atoms with van der Waals surface area (Å²) in [6.45, 7) is 7.53. The SMILES string of the molecule is CC(CN(C)C(=O)NCC(C)(C)c1ccncc1)c1nccs1. The van der Waals surface area contributed by atoms with Crippen LogP contribution < -0.4 is 5.32 Å². The molecule has 0 bridgehead atoms. The van der Waals surface area contributed by atoms with Gasteiger partial charge in [0.15, 0.2) is 0 Å². The van der Waals surface area contributed by atoms with Crippen LogP contribution in [0.1, 0.15) is 37.3 Å². The molecule has 5 nitrogen and oxygen atoms in total. The number of aromatic nitrogens is 2. The molecule has 23 heavy (non-hydrogen) atoms. The molecule has 2 aromatic rings. The van der Waals surface area contributed by atoms with Crippen LogP contribution >= 0.6 is 11.3 Å². The van der Waals surface area contributed by atoms with Gasteiger partial charge in [0, 0.05) is 55.4 Å². The lowest BCUT2D eigenvalue weighted by atomic mass is 9.85. The fraction of sp³-hybridized carbons (Fsp3) is 0.471. The zero-order chi connectivity index (χ0) is 16.9. The molecule has 6 heteroatoms. The highest BCUT2D eigenvalue weighted by molar-refractivity contribution is 7.09. The highest BCUT2D eigenvalue weighted by Crippen LogP contribution is 2.21. The number of rotatable bonds is 6. The average molecular weight is 332 g/mol. The van der Waals surface area contributed by atoms with Crippen molar-refractivity contribution in [3.05, 3.63) is 46.7 Å². The number of amides is 2. The number of urea groups is 1. The first-order valence-electron chi connectivity index (χ1n) is 7.69. The topological polar surface area (TPSA) is 58.1 Å². The summed E-state index contributed by atoms with van der Waals surface area (Å²) in [7, 11) is 1.82. The largest absolute Gasteiger partial charge is 0.337 e. The molecule has 0 spiro atoms. The van der Waals surface area contributed by atoms with E-state index in [9.17, 15) is 4.79 Å². The number of hydrogen-bond acceptors (Lipinski definition) is 4. The Labute approximate surface area is 141 Å². The Hall–Kier alpha value is -1.95. The van der Waals surface area contributed by atoms with Crippen LogP contribution in [0.4, 0.5) is 4.79 Å². The number of thiazole rings is 1. The van der Waals surface area contributed by atoms with Gasteiger partial charge in [0.1, 0.15) is 0 Å². The zero-order valence-corrected chi connectivity index (χ0v) is 14.9. The molecule has 0 saturated carbocycles. The van der Waals surface area contributed by atoms with Crippen molar-refractivity contribution in [2.45, 2.75) is 32.1 Å². The van der Waals surface area contributed by atoms with Gasteiger partial charge in [0.05, 0.1) is 5.01 Å². The minimum absolute atomic E-state index is 0.0597. The third-order valence-electron chi connectivity index (χ3n) is 3.91. The van der Waals surface area contributed by atoms with Crippen molar-refractivity contribution < 1.29 is 4.79 Å². The molecule has 0 fully saturated rings. The van der Waals surface area contributed by atoms with Crippen molar-refractivity contribution in [3.63, 3.8) is 0 Å². The molecule has 0 radical (unpaired) electrons. The molecule has 1 atom stereocenters. The standard InChI is InChI=1S/C17H24N4OS/c1-13(15-19-9-10-23-15)11-21(4)16(22)20-12-17(2,3)14-5-7-18-8-6-14/h5-10,13H,11-12H2,1-4H3,(H,20,22). The highest BCUT2D eigenvalue weighted by Gasteiger charge is 2.23. The molecule has 0 saturated heterocycles. The average Bonchev–Trinajstić information content (AvgIpc) is 3.08. The van der Waals surface area contributed by atoms with E-state index >= 15 is 0 Å². The van der Waals surface area contributed by atoms with Crippen molar-refractivity contribution in [2.75, 3.05) is 20.1 Å². The summed E-state index contributed by atoms with van der Waals surface area (Å²) < 4.78 is 0. The van der Waals surface area contributed by atoms with Gasteiger partial charge in [-0.25, -0.2) is 9.78 Å². The van der Waals surface area contributed by atoms with Gasteiger partial charge in [-0.05, 0) is 17.7 Å². The minimum atomic E-state index is -0.139. The quantitative estimate of drug-likeness (QED) is 0.883. The first-order chi connectivity index (χ1) is 10.9. The summed E-state index contributed by atoms with van der Waals surface area (Å²) in [6.07, 6.45) is 5.36. The van der Waals surface area contributed by atoms with Crippen molar-refractivity contribution in [1.29, 1.82) is 0 Å². The molecule has 0 aliphatic carbocycles. The summed E-state index contributed by atoms with van der Waals surface area (Å²) in [5.41, 5.74) is 1.02. The maximum absolute atomic E-state index is 12.3. The van der Waals surface area contributed by atoms with E-state index in [0.717, 1.165) is 10.6 Å². The van der Waals surface area contributed by atoms with E-state index in [4.69, 9.17) is 0 Å². The second-order valence-electron chi connectivity index (χ2n) is 6.43. The van der Waals surface area contributed by atoms with Gasteiger partial charge in [-0.2, -0.15) is 0 Å². The second-order valence-corrected chi connectivity index (χ2v) is 7.36. The van der Waals surface area contributed by atoms with Crippen LogP contribution in [0.3, 0.4) is 0 Å². The fourth-order valence-corrected chi connectivity index (χ4v) is 3.08. The first-order valence-corrected chi connectivity index (χ1v) is 8.57. The number of nitrogens with zero attached hydrogens (tertiary/aromatic N) is 3. The maximum atomic E-state index is 12.3. The Kier molecular flexibility index (Phi) is 5.71. The van der Waals surface area contributed by atoms with Gasteiger partial charge in [0.25, 0.3) is 0 Å². The van der Waals surface area contributed by atoms with E-state index in [1.54, 1.807) is 34.8 Å². The lowest BCUT2D eigenvalue weighted by Gasteiger charge is -2.28. The monoisotopic (exact) mass is 332 g/mol. The van der Waals surface area contributed by atoms with Crippen molar-refractivity contribution >= 4 is 17.4 Å². The van der Waals surface area contributed by atoms with Gasteiger partial charge in [-0.1, -0.05) is 20.8 Å². The lowest BCUT2D eigenvalue weighted by Crippen LogP contribution is -2.44. The minimum Gasteiger partial charge on any atom is -0.337 e. The molecular weight excluding hydrogens is 308 g/mol. The molecule has 1 N–H and O–H groups in total. The zero-order valence-electron chi connectivity index (χ0n) is 14.1. The maximum Gasteiger partial charge on any atom is 0.317 e. The van der Waals surface area contributed by atoms with Crippen LogP contribution in [0.2, 0.25) is 0 Å². The summed E-state index contributed by atoms with van der Waals surface area (Å²) >= 11 is 1.62. The van der Waals surface area contributed by atoms with E-state index < -0.39 is 0 Å². The second kappa shape index (κ2) is 7.55. The molecule has 0 aliphatic heterocycles. The number of likely N-dealkylation sites (N-methyl/N-ethyl adjacent to an activating group) is 1. The molecule has 2 amide bonds. The van der Waals surface area contributed by atoms with Gasteiger partial charge in [-0.15, -0.1) is 11.3 Å². The fourth-order valence-electron chi connectivity index (χ4n) is 2.39. The van der Waals surface area contributed by atoms with Crippen LogP contribution in [0.25, 0.3) is 0 Å². The third-order valence-corrected chi connectivity index (χ3v) is 4.92. The molecular formula is C17H24N4OS. The van der Waals surface area contributed by atoms with E-state index in [-0.39, 0.29) is 17.4 Å². The summed E-state index contributed by atoms with van der Waals surface area (Å²) in [6, 6.07) is 3.91. The Balaban J connectivity index is 1.86. The van der Waals surface area contributed by atoms with E-state index in [1.807, 2.05) is 24.6 Å².